The minimum atomic E-state index is 0.238. The van der Waals surface area contributed by atoms with Crippen molar-refractivity contribution in [2.45, 2.75) is 20.3 Å². The molecular weight excluding hydrogens is 276 g/mol. The van der Waals surface area contributed by atoms with Gasteiger partial charge in [0.1, 0.15) is 0 Å². The minimum absolute atomic E-state index is 0.238. The fourth-order valence-corrected chi connectivity index (χ4v) is 2.82. The Bertz CT molecular complexity index is 639. The van der Waals surface area contributed by atoms with Gasteiger partial charge in [-0.3, -0.25) is 9.36 Å². The van der Waals surface area contributed by atoms with Crippen molar-refractivity contribution in [2.75, 3.05) is 31.1 Å². The molecule has 1 aliphatic heterocycles. The number of amides is 1. The van der Waals surface area contributed by atoms with Crippen molar-refractivity contribution in [1.29, 1.82) is 0 Å². The number of aromatic nitrogens is 2. The highest BCUT2D eigenvalue weighted by atomic mass is 16.2. The third kappa shape index (κ3) is 2.84. The molecule has 0 N–H and O–H groups in total. The number of piperazine rings is 1. The van der Waals surface area contributed by atoms with Crippen LogP contribution in [0.1, 0.15) is 18.9 Å². The molecule has 2 heterocycles. The molecule has 1 fully saturated rings. The first-order valence-electron chi connectivity index (χ1n) is 7.82. The molecule has 22 heavy (non-hydrogen) atoms. The van der Waals surface area contributed by atoms with E-state index < -0.39 is 0 Å². The second-order valence-corrected chi connectivity index (χ2v) is 5.65. The zero-order chi connectivity index (χ0) is 15.5. The van der Waals surface area contributed by atoms with Crippen LogP contribution in [0.25, 0.3) is 5.69 Å². The number of imidazole rings is 1. The fraction of sp³-hybridized carbons (Fsp3) is 0.412. The van der Waals surface area contributed by atoms with Crippen molar-refractivity contribution in [1.82, 2.24) is 14.5 Å². The molecule has 1 aromatic heterocycles. The Morgan fingerprint density at radius 3 is 2.45 bits per heavy atom. The van der Waals surface area contributed by atoms with Crippen molar-refractivity contribution in [2.24, 2.45) is 0 Å². The Hall–Kier alpha value is -2.30. The largest absolute Gasteiger partial charge is 0.339 e. The van der Waals surface area contributed by atoms with Crippen LogP contribution in [0.3, 0.4) is 0 Å². The third-order valence-corrected chi connectivity index (χ3v) is 4.15. The van der Waals surface area contributed by atoms with Gasteiger partial charge in [0.15, 0.2) is 0 Å². The first-order valence-corrected chi connectivity index (χ1v) is 7.82. The van der Waals surface area contributed by atoms with E-state index in [1.165, 1.54) is 5.56 Å². The maximum Gasteiger partial charge on any atom is 0.222 e. The molecule has 1 aromatic carbocycles. The van der Waals surface area contributed by atoms with Gasteiger partial charge < -0.3 is 9.80 Å². The molecule has 1 aliphatic rings. The molecule has 5 nitrogen and oxygen atoms in total. The van der Waals surface area contributed by atoms with E-state index in [0.29, 0.717) is 6.42 Å². The van der Waals surface area contributed by atoms with Gasteiger partial charge >= 0.3 is 0 Å². The van der Waals surface area contributed by atoms with Crippen LogP contribution in [0.2, 0.25) is 0 Å². The van der Waals surface area contributed by atoms with Crippen LogP contribution in [0.4, 0.5) is 5.95 Å². The number of benzene rings is 1. The molecule has 0 spiro atoms. The Balaban J connectivity index is 1.76. The summed E-state index contributed by atoms with van der Waals surface area (Å²) in [5.74, 6) is 1.19. The van der Waals surface area contributed by atoms with E-state index in [2.05, 4.69) is 45.6 Å². The molecule has 2 aromatic rings. The van der Waals surface area contributed by atoms with Gasteiger partial charge in [-0.1, -0.05) is 24.6 Å². The Morgan fingerprint density at radius 2 is 1.82 bits per heavy atom. The summed E-state index contributed by atoms with van der Waals surface area (Å²) in [4.78, 5) is 20.5. The SMILES string of the molecule is CCC(=O)N1CCN(c2nccn2-c2ccc(C)cc2)CC1. The third-order valence-electron chi connectivity index (χ3n) is 4.15. The Morgan fingerprint density at radius 1 is 1.14 bits per heavy atom. The van der Waals surface area contributed by atoms with Crippen LogP contribution in [-0.2, 0) is 4.79 Å². The van der Waals surface area contributed by atoms with Crippen LogP contribution in [-0.4, -0.2) is 46.5 Å². The highest BCUT2D eigenvalue weighted by Crippen LogP contribution is 2.20. The van der Waals surface area contributed by atoms with Crippen molar-refractivity contribution < 1.29 is 4.79 Å². The summed E-state index contributed by atoms with van der Waals surface area (Å²) in [7, 11) is 0. The maximum absolute atomic E-state index is 11.8. The van der Waals surface area contributed by atoms with E-state index in [4.69, 9.17) is 0 Å². The van der Waals surface area contributed by atoms with E-state index in [9.17, 15) is 4.79 Å². The van der Waals surface area contributed by atoms with E-state index in [0.717, 1.165) is 37.8 Å². The summed E-state index contributed by atoms with van der Waals surface area (Å²) in [6, 6.07) is 8.43. The predicted octanol–water partition coefficient (Wildman–Crippen LogP) is 2.24. The predicted molar refractivity (Wildman–Crippen MR) is 87.4 cm³/mol. The van der Waals surface area contributed by atoms with E-state index >= 15 is 0 Å². The van der Waals surface area contributed by atoms with Crippen molar-refractivity contribution in [3.8, 4) is 5.69 Å². The van der Waals surface area contributed by atoms with Crippen LogP contribution in [0, 0.1) is 6.92 Å². The van der Waals surface area contributed by atoms with Gasteiger partial charge in [-0.05, 0) is 19.1 Å². The lowest BCUT2D eigenvalue weighted by Crippen LogP contribution is -2.49. The molecule has 1 amide bonds. The van der Waals surface area contributed by atoms with Crippen LogP contribution >= 0.6 is 0 Å². The number of carbonyl (C=O) groups is 1. The smallest absolute Gasteiger partial charge is 0.222 e. The molecule has 0 saturated carbocycles. The molecule has 0 unspecified atom stereocenters. The van der Waals surface area contributed by atoms with Gasteiger partial charge in [0.2, 0.25) is 11.9 Å². The van der Waals surface area contributed by atoms with E-state index in [1.54, 1.807) is 0 Å². The normalized spacial score (nSPS) is 15.2. The topological polar surface area (TPSA) is 41.4 Å². The Kier molecular flexibility index (Phi) is 4.13. The molecule has 1 saturated heterocycles. The highest BCUT2D eigenvalue weighted by molar-refractivity contribution is 5.76. The first kappa shape index (κ1) is 14.6. The highest BCUT2D eigenvalue weighted by Gasteiger charge is 2.22. The van der Waals surface area contributed by atoms with Gasteiger partial charge in [-0.15, -0.1) is 0 Å². The average molecular weight is 298 g/mol. The van der Waals surface area contributed by atoms with Crippen LogP contribution < -0.4 is 4.90 Å². The number of hydrogen-bond acceptors (Lipinski definition) is 3. The molecule has 0 atom stereocenters. The second kappa shape index (κ2) is 6.22. The average Bonchev–Trinajstić information content (AvgIpc) is 3.04. The summed E-state index contributed by atoms with van der Waals surface area (Å²) >= 11 is 0. The van der Waals surface area contributed by atoms with E-state index in [1.807, 2.05) is 24.2 Å². The number of nitrogens with zero attached hydrogens (tertiary/aromatic N) is 4. The second-order valence-electron chi connectivity index (χ2n) is 5.65. The molecule has 0 bridgehead atoms. The molecule has 0 aliphatic carbocycles. The van der Waals surface area contributed by atoms with Gasteiger partial charge in [0.05, 0.1) is 0 Å². The standard InChI is InChI=1S/C17H22N4O/c1-3-16(22)19-10-12-20(13-11-19)17-18-8-9-21(17)15-6-4-14(2)5-7-15/h4-9H,3,10-13H2,1-2H3. The summed E-state index contributed by atoms with van der Waals surface area (Å²) < 4.78 is 2.11. The van der Waals surface area contributed by atoms with Gasteiger partial charge in [-0.25, -0.2) is 4.98 Å². The number of anilines is 1. The lowest BCUT2D eigenvalue weighted by Gasteiger charge is -2.35. The number of aryl methyl sites for hydroxylation is 1. The number of carbonyl (C=O) groups excluding carboxylic acids is 1. The van der Waals surface area contributed by atoms with Gasteiger partial charge in [0.25, 0.3) is 0 Å². The van der Waals surface area contributed by atoms with Crippen molar-refractivity contribution >= 4 is 11.9 Å². The number of hydrogen-bond donors (Lipinski definition) is 0. The maximum atomic E-state index is 11.8. The van der Waals surface area contributed by atoms with Gasteiger partial charge in [0, 0.05) is 50.7 Å². The summed E-state index contributed by atoms with van der Waals surface area (Å²) in [6.45, 7) is 7.20. The molecule has 5 heteroatoms. The monoisotopic (exact) mass is 298 g/mol. The Labute approximate surface area is 131 Å². The first-order chi connectivity index (χ1) is 10.7. The van der Waals surface area contributed by atoms with E-state index in [-0.39, 0.29) is 5.91 Å². The molecule has 0 radical (unpaired) electrons. The molecule has 116 valence electrons. The van der Waals surface area contributed by atoms with Crippen molar-refractivity contribution in [3.63, 3.8) is 0 Å². The lowest BCUT2D eigenvalue weighted by atomic mass is 10.2. The lowest BCUT2D eigenvalue weighted by molar-refractivity contribution is -0.131. The van der Waals surface area contributed by atoms with Crippen molar-refractivity contribution in [3.05, 3.63) is 42.2 Å². The number of rotatable bonds is 3. The van der Waals surface area contributed by atoms with Crippen LogP contribution in [0.15, 0.2) is 36.7 Å². The molecular formula is C17H22N4O. The van der Waals surface area contributed by atoms with Gasteiger partial charge in [-0.2, -0.15) is 0 Å². The molecule has 3 rings (SSSR count). The fourth-order valence-electron chi connectivity index (χ4n) is 2.82. The quantitative estimate of drug-likeness (QED) is 0.872. The summed E-state index contributed by atoms with van der Waals surface area (Å²) in [5, 5.41) is 0. The summed E-state index contributed by atoms with van der Waals surface area (Å²) in [6.07, 6.45) is 4.40. The minimum Gasteiger partial charge on any atom is -0.339 e. The summed E-state index contributed by atoms with van der Waals surface area (Å²) in [5.41, 5.74) is 2.36. The zero-order valence-electron chi connectivity index (χ0n) is 13.2. The zero-order valence-corrected chi connectivity index (χ0v) is 13.2. The van der Waals surface area contributed by atoms with Crippen LogP contribution in [0.5, 0.6) is 0 Å².